The molecule has 0 radical (unpaired) electrons. The molecule has 2 aliphatic heterocycles. The summed E-state index contributed by atoms with van der Waals surface area (Å²) in [5.41, 5.74) is 2.61. The Hall–Kier alpha value is -4.05. The van der Waals surface area contributed by atoms with E-state index in [2.05, 4.69) is 4.99 Å². The van der Waals surface area contributed by atoms with E-state index in [0.717, 1.165) is 5.56 Å². The third kappa shape index (κ3) is 5.43. The molecule has 0 unspecified atom stereocenters. The van der Waals surface area contributed by atoms with Crippen LogP contribution in [0.5, 0.6) is 17.2 Å². The van der Waals surface area contributed by atoms with Crippen molar-refractivity contribution in [3.05, 3.63) is 118 Å². The summed E-state index contributed by atoms with van der Waals surface area (Å²) in [4.78, 5) is 32.3. The number of carbonyl (C=O) groups is 1. The zero-order chi connectivity index (χ0) is 29.4. The van der Waals surface area contributed by atoms with Gasteiger partial charge in [-0.25, -0.2) is 9.79 Å². The fraction of sp³-hybridized carbons (Fsp3) is 0.194. The number of hydrogen-bond donors (Lipinski definition) is 0. The Morgan fingerprint density at radius 3 is 2.71 bits per heavy atom. The highest BCUT2D eigenvalue weighted by molar-refractivity contribution is 7.07. The van der Waals surface area contributed by atoms with Crippen LogP contribution in [0.15, 0.2) is 81.7 Å². The number of esters is 1. The number of hydrogen-bond acceptors (Lipinski definition) is 8. The molecular formula is C31H24Cl2N2O6S. The molecule has 0 fully saturated rings. The van der Waals surface area contributed by atoms with E-state index in [1.165, 1.54) is 15.9 Å². The number of benzene rings is 3. The SMILES string of the molecule is CCOC(=O)C1=C(C)N=c2s/c(=C\c3cc(Cl)ccc3OCc3cccc(Cl)c3)c(=O)n2[C@H]1c1ccc2c(c1)OCO2. The maximum absolute atomic E-state index is 14.0. The van der Waals surface area contributed by atoms with Gasteiger partial charge < -0.3 is 18.9 Å². The van der Waals surface area contributed by atoms with E-state index in [1.54, 1.807) is 56.3 Å². The average molecular weight is 624 g/mol. The van der Waals surface area contributed by atoms with Crippen molar-refractivity contribution >= 4 is 46.6 Å². The van der Waals surface area contributed by atoms with Crippen LogP contribution in [-0.2, 0) is 16.1 Å². The van der Waals surface area contributed by atoms with Crippen LogP contribution in [0.2, 0.25) is 10.0 Å². The number of carbonyl (C=O) groups excluding carboxylic acids is 1. The molecule has 1 atom stereocenters. The lowest BCUT2D eigenvalue weighted by Gasteiger charge is -2.24. The molecule has 8 nitrogen and oxygen atoms in total. The molecule has 42 heavy (non-hydrogen) atoms. The summed E-state index contributed by atoms with van der Waals surface area (Å²) >= 11 is 13.7. The third-order valence-corrected chi connectivity index (χ3v) is 8.22. The average Bonchev–Trinajstić information content (AvgIpc) is 3.55. The van der Waals surface area contributed by atoms with Crippen molar-refractivity contribution in [2.75, 3.05) is 13.4 Å². The van der Waals surface area contributed by atoms with Crippen molar-refractivity contribution in [3.8, 4) is 17.2 Å². The van der Waals surface area contributed by atoms with E-state index in [4.69, 9.17) is 42.1 Å². The molecule has 6 rings (SSSR count). The molecule has 0 amide bonds. The van der Waals surface area contributed by atoms with E-state index in [1.807, 2.05) is 24.3 Å². The number of fused-ring (bicyclic) bond motifs is 2. The predicted octanol–water partition coefficient (Wildman–Crippen LogP) is 5.41. The van der Waals surface area contributed by atoms with Crippen LogP contribution in [-0.4, -0.2) is 23.9 Å². The predicted molar refractivity (Wildman–Crippen MR) is 160 cm³/mol. The summed E-state index contributed by atoms with van der Waals surface area (Å²) in [5.74, 6) is 1.13. The van der Waals surface area contributed by atoms with Crippen molar-refractivity contribution in [1.82, 2.24) is 4.57 Å². The van der Waals surface area contributed by atoms with Crippen LogP contribution in [0.3, 0.4) is 0 Å². The Labute approximate surface area is 254 Å². The minimum Gasteiger partial charge on any atom is -0.488 e. The van der Waals surface area contributed by atoms with Crippen LogP contribution < -0.4 is 29.1 Å². The van der Waals surface area contributed by atoms with Crippen molar-refractivity contribution in [2.24, 2.45) is 4.99 Å². The van der Waals surface area contributed by atoms with Crippen LogP contribution in [0, 0.1) is 0 Å². The first kappa shape index (κ1) is 28.1. The number of rotatable bonds is 7. The second-order valence-electron chi connectivity index (χ2n) is 9.52. The molecule has 0 aliphatic carbocycles. The number of nitrogens with zero attached hydrogens (tertiary/aromatic N) is 2. The molecule has 3 aromatic carbocycles. The maximum Gasteiger partial charge on any atom is 0.338 e. The first-order valence-electron chi connectivity index (χ1n) is 13.1. The molecule has 214 valence electrons. The van der Waals surface area contributed by atoms with Gasteiger partial charge in [0.15, 0.2) is 16.3 Å². The lowest BCUT2D eigenvalue weighted by Crippen LogP contribution is -2.39. The first-order valence-corrected chi connectivity index (χ1v) is 14.7. The Kier molecular flexibility index (Phi) is 7.81. The van der Waals surface area contributed by atoms with Crippen molar-refractivity contribution in [1.29, 1.82) is 0 Å². The normalized spacial score (nSPS) is 15.8. The van der Waals surface area contributed by atoms with Gasteiger partial charge in [-0.15, -0.1) is 0 Å². The van der Waals surface area contributed by atoms with E-state index in [9.17, 15) is 9.59 Å². The highest BCUT2D eigenvalue weighted by Crippen LogP contribution is 2.38. The van der Waals surface area contributed by atoms with Crippen LogP contribution >= 0.6 is 34.5 Å². The number of allylic oxidation sites excluding steroid dienone is 1. The van der Waals surface area contributed by atoms with Crippen LogP contribution in [0.1, 0.15) is 36.6 Å². The fourth-order valence-electron chi connectivity index (χ4n) is 4.88. The molecular weight excluding hydrogens is 599 g/mol. The maximum atomic E-state index is 14.0. The summed E-state index contributed by atoms with van der Waals surface area (Å²) in [6.07, 6.45) is 1.73. The summed E-state index contributed by atoms with van der Waals surface area (Å²) in [6.45, 7) is 4.03. The van der Waals surface area contributed by atoms with Gasteiger partial charge in [0, 0.05) is 15.6 Å². The Morgan fingerprint density at radius 1 is 1.10 bits per heavy atom. The molecule has 1 aromatic heterocycles. The number of thiazole rings is 1. The lowest BCUT2D eigenvalue weighted by atomic mass is 9.95. The number of ether oxygens (including phenoxy) is 4. The lowest BCUT2D eigenvalue weighted by molar-refractivity contribution is -0.139. The molecule has 11 heteroatoms. The van der Waals surface area contributed by atoms with Gasteiger partial charge in [0.05, 0.1) is 28.5 Å². The standard InChI is InChI=1S/C31H24Cl2N2O6S/c1-3-38-30(37)27-17(2)34-31-35(28(27)19-7-9-24-25(13-19)41-16-40-24)29(36)26(42-31)14-20-12-22(33)8-10-23(20)39-15-18-5-4-6-21(32)11-18/h4-14,28H,3,15-16H2,1-2H3/b26-14-/t28-/m0/s1. The number of halogens is 2. The highest BCUT2D eigenvalue weighted by Gasteiger charge is 2.34. The van der Waals surface area contributed by atoms with Crippen molar-refractivity contribution < 1.29 is 23.7 Å². The molecule has 4 aromatic rings. The van der Waals surface area contributed by atoms with Crippen LogP contribution in [0.4, 0.5) is 0 Å². The quantitative estimate of drug-likeness (QED) is 0.256. The first-order chi connectivity index (χ1) is 20.3. The highest BCUT2D eigenvalue weighted by atomic mass is 35.5. The van der Waals surface area contributed by atoms with Crippen molar-refractivity contribution in [3.63, 3.8) is 0 Å². The van der Waals surface area contributed by atoms with Gasteiger partial charge in [-0.05, 0) is 73.5 Å². The zero-order valence-corrected chi connectivity index (χ0v) is 24.9. The van der Waals surface area contributed by atoms with Gasteiger partial charge >= 0.3 is 5.97 Å². The Bertz CT molecular complexity index is 1930. The molecule has 0 bridgehead atoms. The van der Waals surface area contributed by atoms with Gasteiger partial charge in [0.1, 0.15) is 12.4 Å². The zero-order valence-electron chi connectivity index (χ0n) is 22.6. The molecule has 2 aliphatic rings. The third-order valence-electron chi connectivity index (χ3n) is 6.77. The summed E-state index contributed by atoms with van der Waals surface area (Å²) in [7, 11) is 0. The monoisotopic (exact) mass is 622 g/mol. The molecule has 0 N–H and O–H groups in total. The van der Waals surface area contributed by atoms with E-state index in [0.29, 0.717) is 53.5 Å². The van der Waals surface area contributed by atoms with Gasteiger partial charge in [-0.3, -0.25) is 9.36 Å². The summed E-state index contributed by atoms with van der Waals surface area (Å²) < 4.78 is 24.5. The summed E-state index contributed by atoms with van der Waals surface area (Å²) in [6, 6.07) is 17.2. The smallest absolute Gasteiger partial charge is 0.338 e. The Morgan fingerprint density at radius 2 is 1.90 bits per heavy atom. The van der Waals surface area contributed by atoms with Crippen LogP contribution in [0.25, 0.3) is 6.08 Å². The minimum absolute atomic E-state index is 0.0997. The van der Waals surface area contributed by atoms with E-state index in [-0.39, 0.29) is 31.1 Å². The molecule has 0 saturated carbocycles. The molecule has 3 heterocycles. The van der Waals surface area contributed by atoms with Crippen molar-refractivity contribution in [2.45, 2.75) is 26.5 Å². The Balaban J connectivity index is 1.46. The van der Waals surface area contributed by atoms with Gasteiger partial charge in [0.25, 0.3) is 5.56 Å². The summed E-state index contributed by atoms with van der Waals surface area (Å²) in [5, 5.41) is 1.10. The minimum atomic E-state index is -0.783. The molecule has 0 saturated heterocycles. The fourth-order valence-corrected chi connectivity index (χ4v) is 6.31. The second-order valence-corrected chi connectivity index (χ2v) is 11.4. The van der Waals surface area contributed by atoms with Gasteiger partial charge in [-0.2, -0.15) is 0 Å². The van der Waals surface area contributed by atoms with Gasteiger partial charge in [0.2, 0.25) is 6.79 Å². The molecule has 0 spiro atoms. The largest absolute Gasteiger partial charge is 0.488 e. The number of aromatic nitrogens is 1. The van der Waals surface area contributed by atoms with E-state index < -0.39 is 12.0 Å². The second kappa shape index (κ2) is 11.7. The van der Waals surface area contributed by atoms with Gasteiger partial charge in [-0.1, -0.05) is 52.7 Å². The topological polar surface area (TPSA) is 88.4 Å². The van der Waals surface area contributed by atoms with E-state index >= 15 is 0 Å².